The molecule has 0 amide bonds. The summed E-state index contributed by atoms with van der Waals surface area (Å²) < 4.78 is 0. The van der Waals surface area contributed by atoms with E-state index in [4.69, 9.17) is 5.11 Å². The Labute approximate surface area is 26.3 Å². The molecule has 1 atom stereocenters. The van der Waals surface area contributed by atoms with Gasteiger partial charge in [-0.3, -0.25) is 0 Å². The quantitative estimate of drug-likeness (QED) is 0.422. The normalized spacial score (nSPS) is 9.00. The van der Waals surface area contributed by atoms with E-state index < -0.39 is 6.10 Å². The molecule has 0 spiro atoms. The highest BCUT2D eigenvalue weighted by molar-refractivity contribution is 4.40. The van der Waals surface area contributed by atoms with Crippen LogP contribution in [-0.2, 0) is 0 Å². The van der Waals surface area contributed by atoms with Gasteiger partial charge in [0.1, 0.15) is 0 Å². The smallest absolute Gasteiger partial charge is 0.0513 e. The lowest BCUT2D eigenvalue weighted by Crippen LogP contribution is -1.86. The van der Waals surface area contributed by atoms with Crippen molar-refractivity contribution in [1.82, 2.24) is 0 Å². The van der Waals surface area contributed by atoms with E-state index in [9.17, 15) is 0 Å². The summed E-state index contributed by atoms with van der Waals surface area (Å²) in [5, 5.41) is 7.94. The van der Waals surface area contributed by atoms with Gasteiger partial charge in [-0.05, 0) is 13.8 Å². The van der Waals surface area contributed by atoms with E-state index in [1.54, 1.807) is 6.92 Å². The number of aliphatic hydroxyl groups excluding tert-OH is 1. The second-order valence-electron chi connectivity index (χ2n) is 0.849. The first-order chi connectivity index (χ1) is 1.73. The van der Waals surface area contributed by atoms with Gasteiger partial charge >= 0.3 is 0 Å². The molecule has 0 aromatic heterocycles. The van der Waals surface area contributed by atoms with Crippen LogP contribution in [-0.4, -0.2) is 11.2 Å². The topological polar surface area (TPSA) is 20.2 Å². The minimum atomic E-state index is -0.417. The Morgan fingerprint density at radius 3 is 2.00 bits per heavy atom. The van der Waals surface area contributed by atoms with Crippen LogP contribution in [0.2, 0.25) is 0 Å². The van der Waals surface area contributed by atoms with E-state index in [2.05, 4.69) is 6.92 Å². The highest BCUT2D eigenvalue weighted by atomic mass is 16.3. The van der Waals surface area contributed by atoms with Crippen LogP contribution in [0.25, 0.3) is 0 Å². The van der Waals surface area contributed by atoms with Gasteiger partial charge in [-0.15, -0.1) is 0 Å². The Morgan fingerprint density at radius 1 is 2.00 bits per heavy atom. The van der Waals surface area contributed by atoms with Gasteiger partial charge in [0.05, 0.1) is 6.10 Å². The first kappa shape index (κ1) is 3.96. The van der Waals surface area contributed by atoms with Gasteiger partial charge in [0.25, 0.3) is 0 Å². The van der Waals surface area contributed by atoms with Crippen LogP contribution in [0.15, 0.2) is 0 Å². The summed E-state index contributed by atoms with van der Waals surface area (Å²) in [5.41, 5.74) is 0. The molecule has 0 aromatic carbocycles. The Bertz CT molecular complexity index is 8.00. The third kappa shape index (κ3) is 1130. The second-order valence-corrected chi connectivity index (χ2v) is 0.849. The average molecular weight is 59.1 g/mol. The Morgan fingerprint density at radius 2 is 2.00 bits per heavy atom. The van der Waals surface area contributed by atoms with Gasteiger partial charge in [-0.1, -0.05) is 0 Å². The molecular formula is C3H7O. The Kier molecular flexibility index (Phi) is 1.28. The molecule has 0 unspecified atom stereocenters. The monoisotopic (exact) mass is 59.0 g/mol. The van der Waals surface area contributed by atoms with Crippen LogP contribution < -0.4 is 0 Å². The van der Waals surface area contributed by atoms with Crippen molar-refractivity contribution in [1.29, 1.82) is 0 Å². The minimum Gasteiger partial charge on any atom is -0.393 e. The molecule has 0 fully saturated rings. The molecule has 0 saturated heterocycles. The lowest BCUT2D eigenvalue weighted by atomic mass is 10.5. The van der Waals surface area contributed by atoms with E-state index in [-0.39, 0.29) is 0 Å². The summed E-state index contributed by atoms with van der Waals surface area (Å²) in [4.78, 5) is 0. The molecule has 0 bridgehead atoms. The van der Waals surface area contributed by atoms with Crippen LogP contribution >= 0.6 is 0 Å². The van der Waals surface area contributed by atoms with Crippen LogP contribution in [0.3, 0.4) is 0 Å². The largest absolute Gasteiger partial charge is 0.393 e. The average Bonchev–Trinajstić information content (AvgIpc) is 0.811. The minimum absolute atomic E-state index is 0.417. The highest BCUT2D eigenvalue weighted by Crippen LogP contribution is 1.63. The molecule has 4 heavy (non-hydrogen) atoms. The van der Waals surface area contributed by atoms with E-state index in [0.717, 1.165) is 0 Å². The maximum atomic E-state index is 7.94. The number of rotatable bonds is 0. The first-order valence-electron chi connectivity index (χ1n) is 1.24. The maximum Gasteiger partial charge on any atom is 0.0513 e. The zero-order valence-corrected chi connectivity index (χ0v) is 2.73. The summed E-state index contributed by atoms with van der Waals surface area (Å²) in [6.45, 7) is 4.81. The van der Waals surface area contributed by atoms with Gasteiger partial charge in [-0.2, -0.15) is 0 Å². The van der Waals surface area contributed by atoms with Gasteiger partial charge in [0.2, 0.25) is 0 Å². The second kappa shape index (κ2) is 1.30. The van der Waals surface area contributed by atoms with Crippen LogP contribution in [0.1, 0.15) is 6.92 Å². The number of aliphatic hydroxyl groups is 1. The van der Waals surface area contributed by atoms with E-state index >= 15 is 0 Å². The molecular weight excluding hydrogens is 52.0 g/mol. The molecule has 1 nitrogen and oxygen atoms in total. The zero-order chi connectivity index (χ0) is 3.58. The summed E-state index contributed by atoms with van der Waals surface area (Å²) >= 11 is 0. The van der Waals surface area contributed by atoms with Crippen molar-refractivity contribution in [2.75, 3.05) is 0 Å². The van der Waals surface area contributed by atoms with Crippen LogP contribution in [0.5, 0.6) is 0 Å². The molecule has 0 aromatic rings. The van der Waals surface area contributed by atoms with Crippen molar-refractivity contribution >= 4 is 0 Å². The van der Waals surface area contributed by atoms with Gasteiger partial charge in [0, 0.05) is 0 Å². The predicted octanol–water partition coefficient (Wildman–Crippen LogP) is 0.201. The van der Waals surface area contributed by atoms with Crippen molar-refractivity contribution in [3.8, 4) is 0 Å². The SMILES string of the molecule is [CH2][C@@H](C)O. The molecule has 0 heterocycles. The van der Waals surface area contributed by atoms with Gasteiger partial charge in [0.15, 0.2) is 0 Å². The maximum absolute atomic E-state index is 7.94. The van der Waals surface area contributed by atoms with Crippen LogP contribution in [0, 0.1) is 6.92 Å². The highest BCUT2D eigenvalue weighted by Gasteiger charge is 1.69. The standard InChI is InChI=1S/C3H7O/c1-3(2)4/h3-4H,1H2,2H3/t3-/m0/s1. The van der Waals surface area contributed by atoms with Crippen molar-refractivity contribution < 1.29 is 5.11 Å². The molecule has 25 valence electrons. The fourth-order valence-electron chi connectivity index (χ4n) is 0. The van der Waals surface area contributed by atoms with Crippen molar-refractivity contribution in [3.63, 3.8) is 0 Å². The fourth-order valence-corrected chi connectivity index (χ4v) is 0. The lowest BCUT2D eigenvalue weighted by Gasteiger charge is -1.79. The third-order valence-corrected chi connectivity index (χ3v) is 0. The Balaban J connectivity index is 2.32. The van der Waals surface area contributed by atoms with Crippen molar-refractivity contribution in [2.45, 2.75) is 13.0 Å². The lowest BCUT2D eigenvalue weighted by molar-refractivity contribution is 0.241. The summed E-state index contributed by atoms with van der Waals surface area (Å²) in [6.07, 6.45) is -0.417. The molecule has 0 saturated carbocycles. The Hall–Kier alpha value is -0.0400. The first-order valence-corrected chi connectivity index (χ1v) is 1.24. The molecule has 1 N–H and O–H groups in total. The number of hydrogen-bond acceptors (Lipinski definition) is 1. The predicted molar refractivity (Wildman–Crippen MR) is 17.0 cm³/mol. The summed E-state index contributed by atoms with van der Waals surface area (Å²) in [6, 6.07) is 0. The molecule has 1 heteroatoms. The summed E-state index contributed by atoms with van der Waals surface area (Å²) in [7, 11) is 0. The molecule has 0 aliphatic rings. The van der Waals surface area contributed by atoms with E-state index in [1.807, 2.05) is 0 Å². The number of hydrogen-bond donors (Lipinski definition) is 1. The third-order valence-electron chi connectivity index (χ3n) is 0. The van der Waals surface area contributed by atoms with E-state index in [1.165, 1.54) is 0 Å². The molecule has 0 rings (SSSR count). The zero-order valence-electron chi connectivity index (χ0n) is 2.73. The van der Waals surface area contributed by atoms with Crippen molar-refractivity contribution in [2.24, 2.45) is 0 Å². The van der Waals surface area contributed by atoms with Gasteiger partial charge in [-0.25, -0.2) is 0 Å². The molecule has 0 aliphatic heterocycles. The fraction of sp³-hybridized carbons (Fsp3) is 0.667. The molecule has 1 radical (unpaired) electrons. The van der Waals surface area contributed by atoms with Gasteiger partial charge < -0.3 is 5.11 Å². The van der Waals surface area contributed by atoms with E-state index in [0.29, 0.717) is 0 Å². The van der Waals surface area contributed by atoms with Crippen LogP contribution in [0.4, 0.5) is 0 Å². The summed E-state index contributed by atoms with van der Waals surface area (Å²) in [5.74, 6) is 0. The molecule has 0 aliphatic carbocycles. The van der Waals surface area contributed by atoms with Crippen molar-refractivity contribution in [3.05, 3.63) is 6.92 Å².